The maximum atomic E-state index is 5.29. The van der Waals surface area contributed by atoms with Crippen LogP contribution in [0.1, 0.15) is 12.7 Å². The highest BCUT2D eigenvalue weighted by Crippen LogP contribution is 2.09. The van der Waals surface area contributed by atoms with Crippen LogP contribution < -0.4 is 15.2 Å². The zero-order valence-corrected chi connectivity index (χ0v) is 8.36. The van der Waals surface area contributed by atoms with Crippen LogP contribution in [0.25, 0.3) is 0 Å². The smallest absolute Gasteiger partial charge is 0.322 e. The van der Waals surface area contributed by atoms with Crippen LogP contribution in [0.2, 0.25) is 0 Å². The van der Waals surface area contributed by atoms with Crippen LogP contribution >= 0.6 is 0 Å². The molecule has 78 valence electrons. The molecule has 0 spiro atoms. The van der Waals surface area contributed by atoms with Crippen molar-refractivity contribution in [3.05, 3.63) is 5.82 Å². The van der Waals surface area contributed by atoms with E-state index >= 15 is 0 Å². The molecule has 0 bridgehead atoms. The van der Waals surface area contributed by atoms with Gasteiger partial charge in [0.05, 0.1) is 7.11 Å². The van der Waals surface area contributed by atoms with Gasteiger partial charge < -0.3 is 15.2 Å². The van der Waals surface area contributed by atoms with Gasteiger partial charge in [-0.3, -0.25) is 0 Å². The zero-order valence-electron chi connectivity index (χ0n) is 8.36. The largest absolute Gasteiger partial charge is 0.467 e. The van der Waals surface area contributed by atoms with E-state index in [1.165, 1.54) is 7.11 Å². The van der Waals surface area contributed by atoms with Crippen molar-refractivity contribution >= 4 is 0 Å². The fourth-order valence-electron chi connectivity index (χ4n) is 0.842. The van der Waals surface area contributed by atoms with Crippen LogP contribution in [0.4, 0.5) is 0 Å². The normalized spacial score (nSPS) is 9.93. The van der Waals surface area contributed by atoms with E-state index in [2.05, 4.69) is 15.0 Å². The SMILES string of the molecule is CCc1nc(OC)nc(OCCN)n1. The Balaban J connectivity index is 2.81. The molecule has 0 amide bonds. The Kier molecular flexibility index (Phi) is 4.06. The molecule has 0 aromatic carbocycles. The van der Waals surface area contributed by atoms with Crippen molar-refractivity contribution in [1.29, 1.82) is 0 Å². The molecule has 0 aliphatic carbocycles. The summed E-state index contributed by atoms with van der Waals surface area (Å²) in [6.45, 7) is 2.76. The molecule has 0 aliphatic heterocycles. The van der Waals surface area contributed by atoms with Crippen LogP contribution in [-0.4, -0.2) is 35.2 Å². The van der Waals surface area contributed by atoms with Gasteiger partial charge in [-0.05, 0) is 0 Å². The summed E-state index contributed by atoms with van der Waals surface area (Å²) in [5.74, 6) is 0.642. The highest BCUT2D eigenvalue weighted by atomic mass is 16.5. The summed E-state index contributed by atoms with van der Waals surface area (Å²) in [5, 5.41) is 0. The number of ether oxygens (including phenoxy) is 2. The molecule has 6 heteroatoms. The summed E-state index contributed by atoms with van der Waals surface area (Å²) in [4.78, 5) is 12.0. The summed E-state index contributed by atoms with van der Waals surface area (Å²) in [7, 11) is 1.50. The second kappa shape index (κ2) is 5.33. The first-order chi connectivity index (χ1) is 6.80. The third-order valence-corrected chi connectivity index (χ3v) is 1.49. The summed E-state index contributed by atoms with van der Waals surface area (Å²) in [5.41, 5.74) is 5.29. The van der Waals surface area contributed by atoms with E-state index in [4.69, 9.17) is 15.2 Å². The Morgan fingerprint density at radius 2 is 1.93 bits per heavy atom. The average molecular weight is 198 g/mol. The van der Waals surface area contributed by atoms with Crippen molar-refractivity contribution in [3.8, 4) is 12.0 Å². The molecular formula is C8H14N4O2. The number of aryl methyl sites for hydroxylation is 1. The molecular weight excluding hydrogens is 184 g/mol. The van der Waals surface area contributed by atoms with Crippen LogP contribution in [0.5, 0.6) is 12.0 Å². The topological polar surface area (TPSA) is 83.2 Å². The van der Waals surface area contributed by atoms with Gasteiger partial charge in [0.2, 0.25) is 0 Å². The monoisotopic (exact) mass is 198 g/mol. The summed E-state index contributed by atoms with van der Waals surface area (Å²) in [6.07, 6.45) is 0.706. The molecule has 1 aromatic rings. The summed E-state index contributed by atoms with van der Waals surface area (Å²) in [6, 6.07) is 0.531. The number of rotatable bonds is 5. The van der Waals surface area contributed by atoms with Gasteiger partial charge in [0.1, 0.15) is 12.4 Å². The van der Waals surface area contributed by atoms with E-state index < -0.39 is 0 Å². The van der Waals surface area contributed by atoms with E-state index in [0.717, 1.165) is 0 Å². The molecule has 0 unspecified atom stereocenters. The summed E-state index contributed by atoms with van der Waals surface area (Å²) < 4.78 is 10.1. The molecule has 0 aliphatic rings. The molecule has 0 saturated carbocycles. The lowest BCUT2D eigenvalue weighted by Gasteiger charge is -2.05. The minimum absolute atomic E-state index is 0.263. The highest BCUT2D eigenvalue weighted by Gasteiger charge is 2.05. The molecule has 1 heterocycles. The quantitative estimate of drug-likeness (QED) is 0.704. The Morgan fingerprint density at radius 1 is 1.21 bits per heavy atom. The standard InChI is InChI=1S/C8H14N4O2/c1-3-6-10-7(13-2)12-8(11-6)14-5-4-9/h3-5,9H2,1-2H3. The Bertz CT molecular complexity index is 270. The Labute approximate surface area is 82.5 Å². The lowest BCUT2D eigenvalue weighted by Crippen LogP contribution is -2.13. The van der Waals surface area contributed by atoms with Gasteiger partial charge >= 0.3 is 12.0 Å². The first-order valence-electron chi connectivity index (χ1n) is 4.42. The number of nitrogens with two attached hydrogens (primary N) is 1. The minimum Gasteiger partial charge on any atom is -0.467 e. The van der Waals surface area contributed by atoms with Gasteiger partial charge in [0.15, 0.2) is 0 Å². The number of hydrogen-bond donors (Lipinski definition) is 1. The Hall–Kier alpha value is -1.43. The molecule has 0 fully saturated rings. The van der Waals surface area contributed by atoms with Crippen molar-refractivity contribution < 1.29 is 9.47 Å². The van der Waals surface area contributed by atoms with Gasteiger partial charge in [-0.15, -0.1) is 4.98 Å². The van der Waals surface area contributed by atoms with E-state index in [0.29, 0.717) is 25.4 Å². The van der Waals surface area contributed by atoms with Gasteiger partial charge in [-0.25, -0.2) is 0 Å². The Morgan fingerprint density at radius 3 is 2.50 bits per heavy atom. The van der Waals surface area contributed by atoms with Crippen LogP contribution in [0.15, 0.2) is 0 Å². The predicted octanol–water partition coefficient (Wildman–Crippen LogP) is -0.220. The van der Waals surface area contributed by atoms with E-state index in [-0.39, 0.29) is 12.0 Å². The lowest BCUT2D eigenvalue weighted by molar-refractivity contribution is 0.286. The second-order valence-electron chi connectivity index (χ2n) is 2.51. The third kappa shape index (κ3) is 2.81. The maximum Gasteiger partial charge on any atom is 0.322 e. The van der Waals surface area contributed by atoms with Crippen LogP contribution in [0.3, 0.4) is 0 Å². The first kappa shape index (κ1) is 10.6. The molecule has 6 nitrogen and oxygen atoms in total. The number of hydrogen-bond acceptors (Lipinski definition) is 6. The highest BCUT2D eigenvalue weighted by molar-refractivity contribution is 5.05. The van der Waals surface area contributed by atoms with E-state index in [1.807, 2.05) is 6.92 Å². The number of nitrogens with zero attached hydrogens (tertiary/aromatic N) is 3. The van der Waals surface area contributed by atoms with Crippen LogP contribution in [-0.2, 0) is 6.42 Å². The minimum atomic E-state index is 0.263. The van der Waals surface area contributed by atoms with Crippen molar-refractivity contribution in [2.75, 3.05) is 20.3 Å². The molecule has 0 atom stereocenters. The van der Waals surface area contributed by atoms with Gasteiger partial charge in [0, 0.05) is 13.0 Å². The molecule has 14 heavy (non-hydrogen) atoms. The van der Waals surface area contributed by atoms with Crippen molar-refractivity contribution in [2.45, 2.75) is 13.3 Å². The second-order valence-corrected chi connectivity index (χ2v) is 2.51. The molecule has 0 saturated heterocycles. The third-order valence-electron chi connectivity index (χ3n) is 1.49. The van der Waals surface area contributed by atoms with E-state index in [9.17, 15) is 0 Å². The molecule has 0 radical (unpaired) electrons. The lowest BCUT2D eigenvalue weighted by atomic mass is 10.5. The molecule has 1 aromatic heterocycles. The average Bonchev–Trinajstić information content (AvgIpc) is 2.25. The maximum absolute atomic E-state index is 5.29. The fraction of sp³-hybridized carbons (Fsp3) is 0.625. The van der Waals surface area contributed by atoms with Crippen molar-refractivity contribution in [1.82, 2.24) is 15.0 Å². The van der Waals surface area contributed by atoms with Crippen molar-refractivity contribution in [2.24, 2.45) is 5.73 Å². The van der Waals surface area contributed by atoms with Gasteiger partial charge in [0.25, 0.3) is 0 Å². The van der Waals surface area contributed by atoms with Crippen LogP contribution in [0, 0.1) is 0 Å². The van der Waals surface area contributed by atoms with Gasteiger partial charge in [-0.1, -0.05) is 6.92 Å². The fourth-order valence-corrected chi connectivity index (χ4v) is 0.842. The van der Waals surface area contributed by atoms with E-state index in [1.54, 1.807) is 0 Å². The molecule has 1 rings (SSSR count). The predicted molar refractivity (Wildman–Crippen MR) is 50.3 cm³/mol. The summed E-state index contributed by atoms with van der Waals surface area (Å²) >= 11 is 0. The van der Waals surface area contributed by atoms with Gasteiger partial charge in [-0.2, -0.15) is 9.97 Å². The first-order valence-corrected chi connectivity index (χ1v) is 4.42. The number of methoxy groups -OCH3 is 1. The molecule has 2 N–H and O–H groups in total. The van der Waals surface area contributed by atoms with Crippen molar-refractivity contribution in [3.63, 3.8) is 0 Å². The number of aromatic nitrogens is 3. The zero-order chi connectivity index (χ0) is 10.4.